The van der Waals surface area contributed by atoms with Crippen LogP contribution in [-0.2, 0) is 17.9 Å². The molecule has 3 aromatic rings. The monoisotopic (exact) mass is 372 g/mol. The molecule has 2 atom stereocenters. The highest BCUT2D eigenvalue weighted by Gasteiger charge is 2.34. The number of pyridine rings is 1. The van der Waals surface area contributed by atoms with Gasteiger partial charge in [0.05, 0.1) is 17.2 Å². The van der Waals surface area contributed by atoms with E-state index in [1.54, 1.807) is 12.3 Å². The van der Waals surface area contributed by atoms with E-state index < -0.39 is 12.3 Å². The molecule has 0 aliphatic carbocycles. The molecule has 142 valence electrons. The quantitative estimate of drug-likeness (QED) is 0.745. The zero-order valence-corrected chi connectivity index (χ0v) is 15.4. The van der Waals surface area contributed by atoms with E-state index in [0.717, 1.165) is 11.0 Å². The van der Waals surface area contributed by atoms with Gasteiger partial charge in [-0.15, -0.1) is 0 Å². The van der Waals surface area contributed by atoms with Crippen LogP contribution in [0.5, 0.6) is 0 Å². The Bertz CT molecular complexity index is 919. The number of hydrogen-bond acceptors (Lipinski definition) is 4. The summed E-state index contributed by atoms with van der Waals surface area (Å²) in [4.78, 5) is 13.4. The van der Waals surface area contributed by atoms with Crippen LogP contribution in [0.25, 0.3) is 11.0 Å². The average molecular weight is 372 g/mol. The Balaban J connectivity index is 1.38. The molecule has 0 spiro atoms. The summed E-state index contributed by atoms with van der Waals surface area (Å²) < 4.78 is 33.9. The van der Waals surface area contributed by atoms with Crippen molar-refractivity contribution in [2.75, 3.05) is 13.1 Å². The summed E-state index contributed by atoms with van der Waals surface area (Å²) in [6.45, 7) is 5.31. The fourth-order valence-corrected chi connectivity index (χ4v) is 3.44. The molecule has 1 saturated heterocycles. The van der Waals surface area contributed by atoms with Crippen LogP contribution >= 0.6 is 0 Å². The van der Waals surface area contributed by atoms with Crippen LogP contribution in [0.1, 0.15) is 22.5 Å². The Morgan fingerprint density at radius 3 is 2.89 bits per heavy atom. The lowest BCUT2D eigenvalue weighted by molar-refractivity contribution is 0.00862. The topological polar surface area (TPSA) is 54.0 Å². The Kier molecular flexibility index (Phi) is 4.88. The molecule has 0 radical (unpaired) electrons. The zero-order chi connectivity index (χ0) is 19.0. The molecule has 4 rings (SSSR count). The molecule has 1 aromatic carbocycles. The molecular weight excluding hydrogens is 350 g/mol. The number of halogens is 2. The smallest absolute Gasteiger partial charge is 0.145 e. The summed E-state index contributed by atoms with van der Waals surface area (Å²) in [5.74, 6) is 0.311. The van der Waals surface area contributed by atoms with Gasteiger partial charge in [0.1, 0.15) is 30.5 Å². The van der Waals surface area contributed by atoms with Crippen molar-refractivity contribution in [2.45, 2.75) is 39.3 Å². The van der Waals surface area contributed by atoms with E-state index in [4.69, 9.17) is 4.74 Å². The number of aromatic nitrogens is 3. The van der Waals surface area contributed by atoms with Gasteiger partial charge in [-0.05, 0) is 43.2 Å². The van der Waals surface area contributed by atoms with Gasteiger partial charge in [0.15, 0.2) is 0 Å². The number of benzene rings is 1. The lowest BCUT2D eigenvalue weighted by Gasteiger charge is -2.15. The van der Waals surface area contributed by atoms with Crippen molar-refractivity contribution in [2.24, 2.45) is 0 Å². The summed E-state index contributed by atoms with van der Waals surface area (Å²) in [6.07, 6.45) is 1.06. The number of likely N-dealkylation sites (tertiary alicyclic amines) is 1. The third kappa shape index (κ3) is 3.84. The number of aryl methyl sites for hydroxylation is 2. The Morgan fingerprint density at radius 1 is 1.26 bits per heavy atom. The fourth-order valence-electron chi connectivity index (χ4n) is 3.44. The van der Waals surface area contributed by atoms with Crippen LogP contribution in [-0.4, -0.2) is 45.2 Å². The molecule has 1 aliphatic rings. The molecule has 0 saturated carbocycles. The normalized spacial score (nSPS) is 20.6. The van der Waals surface area contributed by atoms with Crippen LogP contribution in [0.4, 0.5) is 8.78 Å². The van der Waals surface area contributed by atoms with Gasteiger partial charge in [-0.25, -0.2) is 13.8 Å². The Morgan fingerprint density at radius 2 is 2.07 bits per heavy atom. The van der Waals surface area contributed by atoms with Crippen molar-refractivity contribution in [3.63, 3.8) is 0 Å². The largest absolute Gasteiger partial charge is 0.366 e. The van der Waals surface area contributed by atoms with Gasteiger partial charge in [-0.2, -0.15) is 0 Å². The second kappa shape index (κ2) is 7.32. The first kappa shape index (κ1) is 18.0. The van der Waals surface area contributed by atoms with E-state index in [2.05, 4.69) is 27.9 Å². The lowest BCUT2D eigenvalue weighted by Crippen LogP contribution is -2.24. The summed E-state index contributed by atoms with van der Waals surface area (Å²) in [5.41, 5.74) is 4.72. The van der Waals surface area contributed by atoms with E-state index in [1.807, 2.05) is 17.9 Å². The number of alkyl halides is 1. The van der Waals surface area contributed by atoms with Crippen LogP contribution in [0.3, 0.4) is 0 Å². The van der Waals surface area contributed by atoms with E-state index in [9.17, 15) is 8.78 Å². The number of ether oxygens (including phenoxy) is 1. The number of nitrogens with zero attached hydrogens (tertiary/aromatic N) is 3. The van der Waals surface area contributed by atoms with Gasteiger partial charge in [-0.3, -0.25) is 9.88 Å². The summed E-state index contributed by atoms with van der Waals surface area (Å²) in [5, 5.41) is 0. The fraction of sp³-hybridized carbons (Fsp3) is 0.400. The highest BCUT2D eigenvalue weighted by atomic mass is 19.1. The first-order chi connectivity index (χ1) is 13.0. The number of H-pyrrole nitrogens is 1. The Labute approximate surface area is 156 Å². The molecule has 2 unspecified atom stereocenters. The highest BCUT2D eigenvalue weighted by molar-refractivity contribution is 5.77. The molecule has 1 N–H and O–H groups in total. The van der Waals surface area contributed by atoms with Crippen molar-refractivity contribution in [3.8, 4) is 0 Å². The van der Waals surface area contributed by atoms with Crippen molar-refractivity contribution in [1.82, 2.24) is 19.9 Å². The van der Waals surface area contributed by atoms with Crippen molar-refractivity contribution in [3.05, 3.63) is 58.9 Å². The van der Waals surface area contributed by atoms with Gasteiger partial charge in [-0.1, -0.05) is 0 Å². The van der Waals surface area contributed by atoms with Gasteiger partial charge >= 0.3 is 0 Å². The molecular formula is C20H22F2N4O. The molecule has 5 nitrogen and oxygen atoms in total. The first-order valence-corrected chi connectivity index (χ1v) is 9.02. The van der Waals surface area contributed by atoms with Gasteiger partial charge in [0.25, 0.3) is 0 Å². The maximum atomic E-state index is 14.4. The van der Waals surface area contributed by atoms with Crippen LogP contribution in [0, 0.1) is 19.7 Å². The van der Waals surface area contributed by atoms with Crippen molar-refractivity contribution in [1.29, 1.82) is 0 Å². The van der Waals surface area contributed by atoms with Crippen LogP contribution in [0.15, 0.2) is 30.6 Å². The van der Waals surface area contributed by atoms with Crippen LogP contribution in [0.2, 0.25) is 0 Å². The zero-order valence-electron chi connectivity index (χ0n) is 15.4. The molecule has 1 aliphatic heterocycles. The third-order valence-corrected chi connectivity index (χ3v) is 5.11. The maximum absolute atomic E-state index is 14.4. The number of hydrogen-bond donors (Lipinski definition) is 1. The number of fused-ring (bicyclic) bond motifs is 1. The summed E-state index contributed by atoms with van der Waals surface area (Å²) >= 11 is 0. The van der Waals surface area contributed by atoms with Gasteiger partial charge in [0.2, 0.25) is 0 Å². The first-order valence-electron chi connectivity index (χ1n) is 9.02. The predicted octanol–water partition coefficient (Wildman–Crippen LogP) is 3.45. The molecule has 7 heteroatoms. The lowest BCUT2D eigenvalue weighted by atomic mass is 10.1. The molecule has 3 heterocycles. The number of nitrogens with one attached hydrogen (secondary N) is 1. The minimum Gasteiger partial charge on any atom is -0.366 e. The van der Waals surface area contributed by atoms with E-state index in [0.29, 0.717) is 24.5 Å². The average Bonchev–Trinajstić information content (AvgIpc) is 3.18. The van der Waals surface area contributed by atoms with Crippen molar-refractivity contribution >= 4 is 11.0 Å². The maximum Gasteiger partial charge on any atom is 0.145 e. The number of imidazole rings is 1. The third-order valence-electron chi connectivity index (χ3n) is 5.11. The van der Waals surface area contributed by atoms with Gasteiger partial charge < -0.3 is 9.72 Å². The second-order valence-corrected chi connectivity index (χ2v) is 7.16. The van der Waals surface area contributed by atoms with Gasteiger partial charge in [0, 0.05) is 31.4 Å². The SMILES string of the molecule is Cc1cc2nc(COC3CN(Cc4ccncc4F)CC3F)[nH]c2cc1C. The predicted molar refractivity (Wildman–Crippen MR) is 98.5 cm³/mol. The molecule has 0 amide bonds. The highest BCUT2D eigenvalue weighted by Crippen LogP contribution is 2.22. The minimum absolute atomic E-state index is 0.218. The number of rotatable bonds is 5. The van der Waals surface area contributed by atoms with Crippen LogP contribution < -0.4 is 0 Å². The minimum atomic E-state index is -1.11. The van der Waals surface area contributed by atoms with E-state index in [-0.39, 0.29) is 19.0 Å². The van der Waals surface area contributed by atoms with E-state index >= 15 is 0 Å². The molecule has 1 fully saturated rings. The molecule has 2 aromatic heterocycles. The summed E-state index contributed by atoms with van der Waals surface area (Å²) in [6, 6.07) is 5.71. The van der Waals surface area contributed by atoms with E-state index in [1.165, 1.54) is 17.3 Å². The summed E-state index contributed by atoms with van der Waals surface area (Å²) in [7, 11) is 0. The number of aromatic amines is 1. The Hall–Kier alpha value is -2.38. The van der Waals surface area contributed by atoms with Crippen molar-refractivity contribution < 1.29 is 13.5 Å². The molecule has 0 bridgehead atoms. The standard InChI is InChI=1S/C20H22F2N4O/c1-12-5-17-18(6-13(12)2)25-20(24-17)11-27-19-10-26(9-16(19)22)8-14-3-4-23-7-15(14)21/h3-7,16,19H,8-11H2,1-2H3,(H,24,25). The second-order valence-electron chi connectivity index (χ2n) is 7.16. The molecule has 27 heavy (non-hydrogen) atoms.